The number of hydrogen-bond acceptors (Lipinski definition) is 3. The van der Waals surface area contributed by atoms with Gasteiger partial charge in [0.1, 0.15) is 5.15 Å². The summed E-state index contributed by atoms with van der Waals surface area (Å²) < 4.78 is 0. The summed E-state index contributed by atoms with van der Waals surface area (Å²) in [6, 6.07) is 6.85. The van der Waals surface area contributed by atoms with Gasteiger partial charge in [-0.3, -0.25) is 9.78 Å². The molecule has 0 aliphatic heterocycles. The molecule has 2 rings (SSSR count). The molecule has 0 atom stereocenters. The highest BCUT2D eigenvalue weighted by molar-refractivity contribution is 6.29. The molecule has 2 aromatic heterocycles. The smallest absolute Gasteiger partial charge is 0.152 e. The van der Waals surface area contributed by atoms with E-state index >= 15 is 0 Å². The molecule has 0 aliphatic rings. The topological polar surface area (TPSA) is 42.9 Å². The van der Waals surface area contributed by atoms with E-state index in [2.05, 4.69) is 9.97 Å². The number of nitrogens with zero attached hydrogens (tertiary/aromatic N) is 2. The predicted molar refractivity (Wildman–Crippen MR) is 57.9 cm³/mol. The Hall–Kier alpha value is -1.74. The molecule has 0 aromatic carbocycles. The van der Waals surface area contributed by atoms with Gasteiger partial charge in [-0.05, 0) is 24.3 Å². The highest BCUT2D eigenvalue weighted by atomic mass is 35.5. The summed E-state index contributed by atoms with van der Waals surface area (Å²) in [6.45, 7) is 0. The van der Waals surface area contributed by atoms with E-state index in [1.807, 2.05) is 6.07 Å². The number of aldehydes is 1. The number of halogens is 1. The van der Waals surface area contributed by atoms with Crippen molar-refractivity contribution in [2.24, 2.45) is 0 Å². The van der Waals surface area contributed by atoms with Crippen molar-refractivity contribution in [3.63, 3.8) is 0 Å². The van der Waals surface area contributed by atoms with Gasteiger partial charge in [0, 0.05) is 23.5 Å². The van der Waals surface area contributed by atoms with Crippen LogP contribution >= 0.6 is 11.6 Å². The largest absolute Gasteiger partial charge is 0.298 e. The normalized spacial score (nSPS) is 9.93. The highest BCUT2D eigenvalue weighted by Gasteiger charge is 2.06. The Kier molecular flexibility index (Phi) is 2.74. The van der Waals surface area contributed by atoms with Crippen LogP contribution in [-0.2, 0) is 0 Å². The van der Waals surface area contributed by atoms with Crippen molar-refractivity contribution in [1.82, 2.24) is 9.97 Å². The number of carbonyl (C=O) groups excluding carboxylic acids is 1. The van der Waals surface area contributed by atoms with Gasteiger partial charge in [0.25, 0.3) is 0 Å². The first kappa shape index (κ1) is 9.80. The molecule has 0 unspecified atom stereocenters. The molecule has 0 spiro atoms. The Morgan fingerprint density at radius 1 is 1.27 bits per heavy atom. The standard InChI is InChI=1S/C11H7ClN2O/c12-10-4-3-9(7-15)11(14-10)8-2-1-5-13-6-8/h1-7H. The molecule has 0 saturated heterocycles. The van der Waals surface area contributed by atoms with Gasteiger partial charge in [-0.25, -0.2) is 4.98 Å². The van der Waals surface area contributed by atoms with Crippen molar-refractivity contribution in [2.45, 2.75) is 0 Å². The fourth-order valence-corrected chi connectivity index (χ4v) is 1.42. The number of pyridine rings is 2. The molecule has 0 bridgehead atoms. The van der Waals surface area contributed by atoms with Gasteiger partial charge in [0.15, 0.2) is 6.29 Å². The van der Waals surface area contributed by atoms with Crippen molar-refractivity contribution >= 4 is 17.9 Å². The Morgan fingerprint density at radius 3 is 2.80 bits per heavy atom. The quantitative estimate of drug-likeness (QED) is 0.575. The van der Waals surface area contributed by atoms with E-state index in [9.17, 15) is 4.79 Å². The van der Waals surface area contributed by atoms with Crippen LogP contribution in [-0.4, -0.2) is 16.3 Å². The van der Waals surface area contributed by atoms with E-state index in [-0.39, 0.29) is 0 Å². The van der Waals surface area contributed by atoms with E-state index in [1.165, 1.54) is 0 Å². The summed E-state index contributed by atoms with van der Waals surface area (Å²) in [5.41, 5.74) is 1.85. The third-order valence-electron chi connectivity index (χ3n) is 1.95. The summed E-state index contributed by atoms with van der Waals surface area (Å²) in [4.78, 5) is 18.9. The Morgan fingerprint density at radius 2 is 2.13 bits per heavy atom. The lowest BCUT2D eigenvalue weighted by atomic mass is 10.1. The number of rotatable bonds is 2. The van der Waals surface area contributed by atoms with Crippen molar-refractivity contribution < 1.29 is 4.79 Å². The third kappa shape index (κ3) is 2.02. The molecule has 15 heavy (non-hydrogen) atoms. The second-order valence-corrected chi connectivity index (χ2v) is 3.32. The molecule has 0 radical (unpaired) electrons. The zero-order valence-corrected chi connectivity index (χ0v) is 8.48. The zero-order valence-electron chi connectivity index (χ0n) is 7.72. The highest BCUT2D eigenvalue weighted by Crippen LogP contribution is 2.21. The first-order valence-electron chi connectivity index (χ1n) is 4.33. The van der Waals surface area contributed by atoms with E-state index in [4.69, 9.17) is 11.6 Å². The molecule has 74 valence electrons. The lowest BCUT2D eigenvalue weighted by molar-refractivity contribution is 0.112. The second kappa shape index (κ2) is 4.19. The fourth-order valence-electron chi connectivity index (χ4n) is 1.28. The maximum atomic E-state index is 10.8. The van der Waals surface area contributed by atoms with Crippen LogP contribution in [0.25, 0.3) is 11.3 Å². The van der Waals surface area contributed by atoms with Crippen molar-refractivity contribution in [1.29, 1.82) is 0 Å². The third-order valence-corrected chi connectivity index (χ3v) is 2.16. The SMILES string of the molecule is O=Cc1ccc(Cl)nc1-c1cccnc1. The minimum absolute atomic E-state index is 0.361. The van der Waals surface area contributed by atoms with Gasteiger partial charge >= 0.3 is 0 Å². The minimum Gasteiger partial charge on any atom is -0.298 e. The minimum atomic E-state index is 0.361. The van der Waals surface area contributed by atoms with E-state index in [0.29, 0.717) is 16.4 Å². The van der Waals surface area contributed by atoms with Gasteiger partial charge in [-0.15, -0.1) is 0 Å². The van der Waals surface area contributed by atoms with Crippen LogP contribution in [0.3, 0.4) is 0 Å². The zero-order chi connectivity index (χ0) is 10.7. The molecule has 0 N–H and O–H groups in total. The summed E-state index contributed by atoms with van der Waals surface area (Å²) in [7, 11) is 0. The van der Waals surface area contributed by atoms with Crippen LogP contribution in [0.2, 0.25) is 5.15 Å². The van der Waals surface area contributed by atoms with Gasteiger partial charge < -0.3 is 0 Å². The molecule has 0 aliphatic carbocycles. The monoisotopic (exact) mass is 218 g/mol. The van der Waals surface area contributed by atoms with Crippen molar-refractivity contribution in [3.8, 4) is 11.3 Å². The van der Waals surface area contributed by atoms with Crippen molar-refractivity contribution in [2.75, 3.05) is 0 Å². The second-order valence-electron chi connectivity index (χ2n) is 2.93. The van der Waals surface area contributed by atoms with Crippen LogP contribution in [0.4, 0.5) is 0 Å². The van der Waals surface area contributed by atoms with Gasteiger partial charge in [-0.1, -0.05) is 11.6 Å². The van der Waals surface area contributed by atoms with Crippen LogP contribution in [0.15, 0.2) is 36.7 Å². The van der Waals surface area contributed by atoms with Crippen LogP contribution in [0.1, 0.15) is 10.4 Å². The van der Waals surface area contributed by atoms with Gasteiger partial charge in [0.05, 0.1) is 5.69 Å². The Bertz CT molecular complexity index is 485. The van der Waals surface area contributed by atoms with E-state index in [1.54, 1.807) is 30.6 Å². The van der Waals surface area contributed by atoms with Crippen LogP contribution < -0.4 is 0 Å². The first-order valence-corrected chi connectivity index (χ1v) is 4.71. The molecule has 4 heteroatoms. The lowest BCUT2D eigenvalue weighted by Crippen LogP contribution is -1.92. The summed E-state index contributed by atoms with van der Waals surface area (Å²) in [5.74, 6) is 0. The molecular formula is C11H7ClN2O. The van der Waals surface area contributed by atoms with Gasteiger partial charge in [0.2, 0.25) is 0 Å². The van der Waals surface area contributed by atoms with Crippen LogP contribution in [0, 0.1) is 0 Å². The van der Waals surface area contributed by atoms with E-state index in [0.717, 1.165) is 11.8 Å². The molecule has 0 saturated carbocycles. The molecule has 0 fully saturated rings. The molecule has 3 nitrogen and oxygen atoms in total. The first-order chi connectivity index (χ1) is 7.31. The molecular weight excluding hydrogens is 212 g/mol. The molecule has 2 heterocycles. The lowest BCUT2D eigenvalue weighted by Gasteiger charge is -2.03. The maximum absolute atomic E-state index is 10.8. The van der Waals surface area contributed by atoms with E-state index < -0.39 is 0 Å². The number of carbonyl (C=O) groups is 1. The summed E-state index contributed by atoms with van der Waals surface area (Å²) >= 11 is 5.78. The fraction of sp³-hybridized carbons (Fsp3) is 0. The Labute approximate surface area is 91.8 Å². The molecule has 0 amide bonds. The average molecular weight is 219 g/mol. The number of aromatic nitrogens is 2. The van der Waals surface area contributed by atoms with Crippen molar-refractivity contribution in [3.05, 3.63) is 47.4 Å². The Balaban J connectivity index is 2.61. The summed E-state index contributed by atoms with van der Waals surface area (Å²) in [6.07, 6.45) is 4.06. The average Bonchev–Trinajstić information content (AvgIpc) is 2.30. The summed E-state index contributed by atoms with van der Waals surface area (Å²) in [5, 5.41) is 0.361. The predicted octanol–water partition coefficient (Wildman–Crippen LogP) is 2.61. The maximum Gasteiger partial charge on any atom is 0.152 e. The molecule has 2 aromatic rings. The van der Waals surface area contributed by atoms with Gasteiger partial charge in [-0.2, -0.15) is 0 Å². The van der Waals surface area contributed by atoms with Crippen LogP contribution in [0.5, 0.6) is 0 Å². The number of hydrogen-bond donors (Lipinski definition) is 0.